The van der Waals surface area contributed by atoms with Gasteiger partial charge in [-0.15, -0.1) is 11.3 Å². The van der Waals surface area contributed by atoms with Crippen LogP contribution in [0.1, 0.15) is 45.1 Å². The number of hydroxylamine groups is 2. The Morgan fingerprint density at radius 2 is 2.00 bits per heavy atom. The standard InChI is InChI=1S/C15H20N4O7S2/c1-14(2,3)25-13(23)18-12-16-7(6-27-12)8(20)10(21)17-9-11(22)19(26-28-24)15(9,4)5/h6,9,24H,1-5H3,(H,17,21)(H,16,18,23). The molecule has 11 nitrogen and oxygen atoms in total. The molecular formula is C15H20N4O7S2. The van der Waals surface area contributed by atoms with E-state index in [-0.39, 0.29) is 23.1 Å². The highest BCUT2D eigenvalue weighted by atomic mass is 32.2. The van der Waals surface area contributed by atoms with E-state index in [2.05, 4.69) is 15.6 Å². The van der Waals surface area contributed by atoms with Gasteiger partial charge in [0.15, 0.2) is 17.5 Å². The van der Waals surface area contributed by atoms with E-state index in [4.69, 9.17) is 13.6 Å². The number of carbonyl (C=O) groups excluding carboxylic acids is 4. The van der Waals surface area contributed by atoms with Crippen LogP contribution in [-0.4, -0.2) is 55.5 Å². The monoisotopic (exact) mass is 432 g/mol. The van der Waals surface area contributed by atoms with Crippen molar-refractivity contribution in [2.24, 2.45) is 0 Å². The lowest BCUT2D eigenvalue weighted by molar-refractivity contribution is -0.214. The van der Waals surface area contributed by atoms with Crippen LogP contribution < -0.4 is 10.6 Å². The molecule has 1 unspecified atom stereocenters. The zero-order chi connectivity index (χ0) is 21.3. The van der Waals surface area contributed by atoms with Crippen molar-refractivity contribution < 1.29 is 32.8 Å². The molecule has 0 spiro atoms. The number of amides is 3. The molecule has 1 saturated heterocycles. The lowest BCUT2D eigenvalue weighted by Gasteiger charge is -2.50. The van der Waals surface area contributed by atoms with Gasteiger partial charge in [-0.25, -0.2) is 9.78 Å². The molecule has 1 atom stereocenters. The summed E-state index contributed by atoms with van der Waals surface area (Å²) in [5, 5.41) is 6.98. The van der Waals surface area contributed by atoms with E-state index in [1.807, 2.05) is 0 Å². The topological polar surface area (TPSA) is 147 Å². The molecule has 0 aliphatic carbocycles. The van der Waals surface area contributed by atoms with Crippen molar-refractivity contribution in [1.82, 2.24) is 15.4 Å². The lowest BCUT2D eigenvalue weighted by atomic mass is 9.84. The van der Waals surface area contributed by atoms with Crippen LogP contribution in [0.15, 0.2) is 5.38 Å². The molecule has 1 aromatic rings. The van der Waals surface area contributed by atoms with E-state index in [1.165, 1.54) is 5.38 Å². The Labute approximate surface area is 169 Å². The summed E-state index contributed by atoms with van der Waals surface area (Å²) in [5.41, 5.74) is -1.85. The molecule has 1 fully saturated rings. The Morgan fingerprint density at radius 1 is 1.36 bits per heavy atom. The van der Waals surface area contributed by atoms with Crippen LogP contribution in [-0.2, 0) is 18.6 Å². The van der Waals surface area contributed by atoms with Crippen LogP contribution in [0, 0.1) is 0 Å². The van der Waals surface area contributed by atoms with E-state index in [1.54, 1.807) is 34.6 Å². The number of hydrogen-bond acceptors (Lipinski definition) is 10. The zero-order valence-electron chi connectivity index (χ0n) is 15.8. The first-order valence-electron chi connectivity index (χ1n) is 8.00. The Balaban J connectivity index is 1.98. The fraction of sp³-hybridized carbons (Fsp3) is 0.533. The number of ketones is 1. The molecule has 154 valence electrons. The molecular weight excluding hydrogens is 412 g/mol. The minimum absolute atomic E-state index is 0.00144. The van der Waals surface area contributed by atoms with E-state index >= 15 is 0 Å². The molecule has 13 heteroatoms. The molecule has 28 heavy (non-hydrogen) atoms. The van der Waals surface area contributed by atoms with Gasteiger partial charge in [0.25, 0.3) is 17.6 Å². The Morgan fingerprint density at radius 3 is 2.54 bits per heavy atom. The van der Waals surface area contributed by atoms with E-state index in [0.717, 1.165) is 16.4 Å². The van der Waals surface area contributed by atoms with Gasteiger partial charge in [-0.1, -0.05) is 0 Å². The molecule has 0 bridgehead atoms. The number of ether oxygens (including phenoxy) is 1. The normalized spacial score (nSPS) is 18.3. The molecule has 3 N–H and O–H groups in total. The summed E-state index contributed by atoms with van der Waals surface area (Å²) in [5.74, 6) is -2.61. The Hall–Kier alpha value is -2.22. The maximum absolute atomic E-state index is 12.3. The van der Waals surface area contributed by atoms with Crippen molar-refractivity contribution in [3.05, 3.63) is 11.1 Å². The third-order valence-electron chi connectivity index (χ3n) is 3.61. The molecule has 1 aliphatic heterocycles. The first kappa shape index (κ1) is 22.1. The van der Waals surface area contributed by atoms with Crippen LogP contribution in [0.3, 0.4) is 0 Å². The van der Waals surface area contributed by atoms with Crippen molar-refractivity contribution in [3.63, 3.8) is 0 Å². The van der Waals surface area contributed by atoms with Crippen LogP contribution in [0.5, 0.6) is 0 Å². The van der Waals surface area contributed by atoms with Gasteiger partial charge in [-0.2, -0.15) is 9.35 Å². The second kappa shape index (κ2) is 8.03. The predicted octanol–water partition coefficient (Wildman–Crippen LogP) is 1.83. The first-order chi connectivity index (χ1) is 12.9. The number of hydrogen-bond donors (Lipinski definition) is 3. The van der Waals surface area contributed by atoms with Gasteiger partial charge in [0.1, 0.15) is 17.3 Å². The minimum Gasteiger partial charge on any atom is -0.444 e. The van der Waals surface area contributed by atoms with Gasteiger partial charge < -0.3 is 14.6 Å². The fourth-order valence-electron chi connectivity index (χ4n) is 2.30. The maximum atomic E-state index is 12.3. The molecule has 1 aromatic heterocycles. The van der Waals surface area contributed by atoms with Crippen molar-refractivity contribution in [1.29, 1.82) is 0 Å². The van der Waals surface area contributed by atoms with Gasteiger partial charge in [0.2, 0.25) is 0 Å². The van der Waals surface area contributed by atoms with Gasteiger partial charge in [0, 0.05) is 5.38 Å². The van der Waals surface area contributed by atoms with E-state index in [0.29, 0.717) is 0 Å². The van der Waals surface area contributed by atoms with Gasteiger partial charge in [-0.3, -0.25) is 19.7 Å². The van der Waals surface area contributed by atoms with Crippen molar-refractivity contribution in [2.45, 2.75) is 51.8 Å². The number of rotatable bonds is 6. The minimum atomic E-state index is -1.03. The number of nitrogens with zero attached hydrogens (tertiary/aromatic N) is 2. The molecule has 0 aromatic carbocycles. The summed E-state index contributed by atoms with van der Waals surface area (Å²) in [6.45, 7) is 8.27. The highest BCUT2D eigenvalue weighted by molar-refractivity contribution is 7.88. The fourth-order valence-corrected chi connectivity index (χ4v) is 3.31. The number of aromatic nitrogens is 1. The number of thiazole rings is 1. The van der Waals surface area contributed by atoms with Gasteiger partial charge >= 0.3 is 6.09 Å². The van der Waals surface area contributed by atoms with E-state index < -0.39 is 40.9 Å². The van der Waals surface area contributed by atoms with Crippen LogP contribution >= 0.6 is 23.7 Å². The lowest BCUT2D eigenvalue weighted by Crippen LogP contribution is -2.76. The summed E-state index contributed by atoms with van der Waals surface area (Å²) in [7, 11) is 0. The highest BCUT2D eigenvalue weighted by Gasteiger charge is 2.57. The predicted molar refractivity (Wildman–Crippen MR) is 100 cm³/mol. The number of nitrogens with one attached hydrogen (secondary N) is 2. The summed E-state index contributed by atoms with van der Waals surface area (Å²) >= 11 is 0.945. The van der Waals surface area contributed by atoms with Crippen molar-refractivity contribution in [3.8, 4) is 0 Å². The molecule has 0 saturated carbocycles. The number of anilines is 1. The second-order valence-electron chi connectivity index (χ2n) is 7.34. The number of carbonyl (C=O) groups is 4. The van der Waals surface area contributed by atoms with Gasteiger partial charge in [-0.05, 0) is 34.6 Å². The van der Waals surface area contributed by atoms with Crippen molar-refractivity contribution >= 4 is 52.5 Å². The third kappa shape index (κ3) is 4.79. The molecule has 0 radical (unpaired) electrons. The summed E-state index contributed by atoms with van der Waals surface area (Å²) in [4.78, 5) is 52.0. The van der Waals surface area contributed by atoms with E-state index in [9.17, 15) is 19.2 Å². The van der Waals surface area contributed by atoms with Crippen LogP contribution in [0.2, 0.25) is 0 Å². The maximum Gasteiger partial charge on any atom is 0.413 e. The smallest absolute Gasteiger partial charge is 0.413 e. The summed E-state index contributed by atoms with van der Waals surface area (Å²) < 4.78 is 18.5. The largest absolute Gasteiger partial charge is 0.444 e. The summed E-state index contributed by atoms with van der Waals surface area (Å²) in [6, 6.07) is -1.01. The molecule has 2 heterocycles. The molecule has 2 rings (SSSR count). The summed E-state index contributed by atoms with van der Waals surface area (Å²) in [6.07, 6.45) is -0.742. The van der Waals surface area contributed by atoms with Crippen LogP contribution in [0.4, 0.5) is 9.93 Å². The first-order valence-corrected chi connectivity index (χ1v) is 9.57. The SMILES string of the molecule is CC(C)(C)OC(=O)Nc1nc(C(=O)C(=O)NC2C(=O)N(OSO)C2(C)C)cs1. The average Bonchev–Trinajstić information content (AvgIpc) is 3.02. The quantitative estimate of drug-likeness (QED) is 0.265. The third-order valence-corrected chi connectivity index (χ3v) is 4.58. The van der Waals surface area contributed by atoms with Crippen LogP contribution in [0.25, 0.3) is 0 Å². The number of Topliss-reactive ketones (excluding diaryl/α,β-unsaturated/α-hetero) is 1. The Bertz CT molecular complexity index is 803. The molecule has 1 aliphatic rings. The number of β-lactam (4-membered cyclic amide) rings is 1. The second-order valence-corrected chi connectivity index (χ2v) is 8.49. The zero-order valence-corrected chi connectivity index (χ0v) is 17.4. The average molecular weight is 432 g/mol. The van der Waals surface area contributed by atoms with Gasteiger partial charge in [0.05, 0.1) is 5.54 Å². The molecule has 3 amide bonds. The highest BCUT2D eigenvalue weighted by Crippen LogP contribution is 2.33. The Kier molecular flexibility index (Phi) is 6.33. The van der Waals surface area contributed by atoms with Crippen molar-refractivity contribution in [2.75, 3.05) is 5.32 Å².